The van der Waals surface area contributed by atoms with E-state index in [1.807, 2.05) is 24.3 Å². The SMILES string of the molecule is COc1ccc(OC)c(C(O)CN2CCC(n3ccc4c3C=C(C(N)=O)CC4)CC2)c1. The van der Waals surface area contributed by atoms with Crippen molar-refractivity contribution < 1.29 is 19.4 Å². The van der Waals surface area contributed by atoms with Crippen molar-refractivity contribution in [1.82, 2.24) is 9.47 Å². The van der Waals surface area contributed by atoms with E-state index in [-0.39, 0.29) is 5.91 Å². The first-order chi connectivity index (χ1) is 15.0. The molecule has 166 valence electrons. The summed E-state index contributed by atoms with van der Waals surface area (Å²) >= 11 is 0. The summed E-state index contributed by atoms with van der Waals surface area (Å²) < 4.78 is 13.0. The molecular weight excluding hydrogens is 394 g/mol. The zero-order chi connectivity index (χ0) is 22.0. The van der Waals surface area contributed by atoms with E-state index >= 15 is 0 Å². The lowest BCUT2D eigenvalue weighted by molar-refractivity contribution is -0.114. The number of likely N-dealkylation sites (tertiary alicyclic amines) is 1. The summed E-state index contributed by atoms with van der Waals surface area (Å²) in [6.07, 6.45) is 7.02. The highest BCUT2D eigenvalue weighted by Crippen LogP contribution is 2.33. The number of fused-ring (bicyclic) bond motifs is 1. The molecule has 2 aromatic rings. The molecule has 4 rings (SSSR count). The number of amides is 1. The third-order valence-corrected chi connectivity index (χ3v) is 6.51. The number of β-amino-alcohol motifs (C(OH)–C–C–N with tert-alkyl or cyclic N) is 1. The van der Waals surface area contributed by atoms with E-state index in [9.17, 15) is 9.90 Å². The summed E-state index contributed by atoms with van der Waals surface area (Å²) in [4.78, 5) is 13.9. The van der Waals surface area contributed by atoms with Gasteiger partial charge in [0.15, 0.2) is 0 Å². The number of methoxy groups -OCH3 is 2. The predicted octanol–water partition coefficient (Wildman–Crippen LogP) is 2.69. The number of rotatable bonds is 7. The molecule has 1 aromatic heterocycles. The fraction of sp³-hybridized carbons (Fsp3) is 0.458. The number of hydrogen-bond donors (Lipinski definition) is 2. The molecule has 0 bridgehead atoms. The van der Waals surface area contributed by atoms with E-state index in [4.69, 9.17) is 15.2 Å². The fourth-order valence-corrected chi connectivity index (χ4v) is 4.72. The maximum absolute atomic E-state index is 11.6. The van der Waals surface area contributed by atoms with Gasteiger partial charge in [0.2, 0.25) is 5.91 Å². The highest BCUT2D eigenvalue weighted by molar-refractivity contribution is 5.97. The zero-order valence-electron chi connectivity index (χ0n) is 18.2. The lowest BCUT2D eigenvalue weighted by atomic mass is 9.96. The van der Waals surface area contributed by atoms with Gasteiger partial charge in [-0.3, -0.25) is 4.79 Å². The lowest BCUT2D eigenvalue weighted by Gasteiger charge is -2.35. The van der Waals surface area contributed by atoms with Crippen LogP contribution in [0.1, 0.15) is 48.2 Å². The number of hydrogen-bond acceptors (Lipinski definition) is 5. The molecule has 31 heavy (non-hydrogen) atoms. The molecule has 7 nitrogen and oxygen atoms in total. The van der Waals surface area contributed by atoms with Gasteiger partial charge in [0.05, 0.1) is 20.3 Å². The van der Waals surface area contributed by atoms with Crippen molar-refractivity contribution >= 4 is 12.0 Å². The monoisotopic (exact) mass is 425 g/mol. The summed E-state index contributed by atoms with van der Waals surface area (Å²) in [5, 5.41) is 10.9. The Balaban J connectivity index is 1.41. The fourth-order valence-electron chi connectivity index (χ4n) is 4.72. The van der Waals surface area contributed by atoms with Crippen LogP contribution in [0.4, 0.5) is 0 Å². The second-order valence-corrected chi connectivity index (χ2v) is 8.32. The van der Waals surface area contributed by atoms with E-state index < -0.39 is 6.10 Å². The largest absolute Gasteiger partial charge is 0.497 e. The number of aryl methyl sites for hydroxylation is 1. The van der Waals surface area contributed by atoms with Gasteiger partial charge in [-0.05, 0) is 61.6 Å². The molecule has 2 aliphatic rings. The van der Waals surface area contributed by atoms with Gasteiger partial charge in [-0.25, -0.2) is 0 Å². The number of benzene rings is 1. The van der Waals surface area contributed by atoms with E-state index in [0.717, 1.165) is 50.0 Å². The number of aliphatic hydroxyl groups is 1. The molecule has 1 aromatic carbocycles. The van der Waals surface area contributed by atoms with Crippen LogP contribution in [0.3, 0.4) is 0 Å². The second kappa shape index (κ2) is 9.16. The molecule has 1 aliphatic heterocycles. The van der Waals surface area contributed by atoms with E-state index in [2.05, 4.69) is 21.7 Å². The van der Waals surface area contributed by atoms with Crippen LogP contribution >= 0.6 is 0 Å². The summed E-state index contributed by atoms with van der Waals surface area (Å²) in [5.74, 6) is 1.05. The Morgan fingerprint density at radius 1 is 1.19 bits per heavy atom. The van der Waals surface area contributed by atoms with E-state index in [0.29, 0.717) is 29.7 Å². The Labute approximate surface area is 183 Å². The number of nitrogens with zero attached hydrogens (tertiary/aromatic N) is 2. The van der Waals surface area contributed by atoms with Crippen molar-refractivity contribution in [1.29, 1.82) is 0 Å². The van der Waals surface area contributed by atoms with Crippen LogP contribution in [0.25, 0.3) is 6.08 Å². The molecule has 0 spiro atoms. The third kappa shape index (κ3) is 4.48. The van der Waals surface area contributed by atoms with Crippen molar-refractivity contribution in [3.63, 3.8) is 0 Å². The van der Waals surface area contributed by atoms with Crippen molar-refractivity contribution in [2.75, 3.05) is 33.9 Å². The van der Waals surface area contributed by atoms with Crippen molar-refractivity contribution in [3.05, 3.63) is 52.9 Å². The number of carbonyl (C=O) groups is 1. The number of aliphatic hydroxyl groups excluding tert-OH is 1. The van der Waals surface area contributed by atoms with Crippen LogP contribution in [0.15, 0.2) is 36.0 Å². The van der Waals surface area contributed by atoms with Crippen LogP contribution in [-0.4, -0.2) is 54.3 Å². The number of nitrogens with two attached hydrogens (primary N) is 1. The molecule has 1 amide bonds. The maximum atomic E-state index is 11.6. The summed E-state index contributed by atoms with van der Waals surface area (Å²) in [5.41, 5.74) is 9.37. The van der Waals surface area contributed by atoms with Crippen molar-refractivity contribution in [2.45, 2.75) is 37.8 Å². The smallest absolute Gasteiger partial charge is 0.244 e. The molecule has 1 saturated heterocycles. The number of piperidine rings is 1. The van der Waals surface area contributed by atoms with Gasteiger partial charge >= 0.3 is 0 Å². The number of primary amides is 1. The van der Waals surface area contributed by atoms with Gasteiger partial charge in [-0.1, -0.05) is 0 Å². The first kappa shape index (κ1) is 21.5. The summed E-state index contributed by atoms with van der Waals surface area (Å²) in [6, 6.07) is 8.04. The second-order valence-electron chi connectivity index (χ2n) is 8.32. The number of ether oxygens (including phenoxy) is 2. The van der Waals surface area contributed by atoms with Crippen LogP contribution in [0.5, 0.6) is 11.5 Å². The minimum absolute atomic E-state index is 0.324. The predicted molar refractivity (Wildman–Crippen MR) is 119 cm³/mol. The highest BCUT2D eigenvalue weighted by atomic mass is 16.5. The molecule has 2 heterocycles. The third-order valence-electron chi connectivity index (χ3n) is 6.51. The Morgan fingerprint density at radius 3 is 2.65 bits per heavy atom. The van der Waals surface area contributed by atoms with Gasteiger partial charge in [0.25, 0.3) is 0 Å². The Hall–Kier alpha value is -2.77. The molecule has 1 unspecified atom stereocenters. The summed E-state index contributed by atoms with van der Waals surface area (Å²) in [6.45, 7) is 2.34. The molecule has 7 heteroatoms. The molecule has 3 N–H and O–H groups in total. The topological polar surface area (TPSA) is 89.9 Å². The zero-order valence-corrected chi connectivity index (χ0v) is 18.2. The van der Waals surface area contributed by atoms with Crippen LogP contribution < -0.4 is 15.2 Å². The molecule has 1 atom stereocenters. The Morgan fingerprint density at radius 2 is 1.97 bits per heavy atom. The van der Waals surface area contributed by atoms with Crippen molar-refractivity contribution in [2.24, 2.45) is 5.73 Å². The molecule has 0 saturated carbocycles. The molecular formula is C24H31N3O4. The minimum Gasteiger partial charge on any atom is -0.497 e. The van der Waals surface area contributed by atoms with Gasteiger partial charge in [0.1, 0.15) is 11.5 Å². The average molecular weight is 426 g/mol. The number of aromatic nitrogens is 1. The van der Waals surface area contributed by atoms with Crippen LogP contribution in [0, 0.1) is 0 Å². The number of carbonyl (C=O) groups excluding carboxylic acids is 1. The first-order valence-corrected chi connectivity index (χ1v) is 10.8. The molecule has 1 fully saturated rings. The van der Waals surface area contributed by atoms with E-state index in [1.165, 1.54) is 5.56 Å². The van der Waals surface area contributed by atoms with Crippen LogP contribution in [-0.2, 0) is 11.2 Å². The molecule has 0 radical (unpaired) electrons. The first-order valence-electron chi connectivity index (χ1n) is 10.8. The van der Waals surface area contributed by atoms with Gasteiger partial charge in [-0.15, -0.1) is 0 Å². The van der Waals surface area contributed by atoms with Gasteiger partial charge in [0, 0.05) is 48.7 Å². The van der Waals surface area contributed by atoms with Crippen molar-refractivity contribution in [3.8, 4) is 11.5 Å². The summed E-state index contributed by atoms with van der Waals surface area (Å²) in [7, 11) is 3.23. The highest BCUT2D eigenvalue weighted by Gasteiger charge is 2.26. The quantitative estimate of drug-likeness (QED) is 0.712. The van der Waals surface area contributed by atoms with Gasteiger partial charge in [-0.2, -0.15) is 0 Å². The lowest BCUT2D eigenvalue weighted by Crippen LogP contribution is -2.37. The Kier molecular flexibility index (Phi) is 6.34. The van der Waals surface area contributed by atoms with Crippen LogP contribution in [0.2, 0.25) is 0 Å². The Bertz CT molecular complexity index is 973. The molecule has 1 aliphatic carbocycles. The standard InChI is InChI=1S/C24H31N3O4/c1-30-19-5-6-23(31-2)20(14-19)22(28)15-26-10-8-18(9-11-26)27-12-7-16-3-4-17(24(25)29)13-21(16)27/h5-7,12-14,18,22,28H,3-4,8-11,15H2,1-2H3,(H2,25,29). The normalized spacial score (nSPS) is 18.2. The van der Waals surface area contributed by atoms with Gasteiger partial charge < -0.3 is 29.8 Å². The van der Waals surface area contributed by atoms with E-state index in [1.54, 1.807) is 14.2 Å². The minimum atomic E-state index is -0.651. The average Bonchev–Trinajstić information content (AvgIpc) is 3.22. The maximum Gasteiger partial charge on any atom is 0.244 e.